The minimum atomic E-state index is -0.105. The molecular formula is C15H15N5OS2. The van der Waals surface area contributed by atoms with Gasteiger partial charge in [0.1, 0.15) is 6.33 Å². The molecule has 3 aromatic rings. The van der Waals surface area contributed by atoms with Gasteiger partial charge >= 0.3 is 0 Å². The summed E-state index contributed by atoms with van der Waals surface area (Å²) in [6, 6.07) is 10.2. The third kappa shape index (κ3) is 3.96. The van der Waals surface area contributed by atoms with Crippen LogP contribution in [0.15, 0.2) is 53.4 Å². The van der Waals surface area contributed by atoms with Gasteiger partial charge in [0.2, 0.25) is 5.91 Å². The predicted octanol–water partition coefficient (Wildman–Crippen LogP) is 3.07. The van der Waals surface area contributed by atoms with Crippen molar-refractivity contribution in [3.05, 3.63) is 53.8 Å². The Balaban J connectivity index is 1.63. The normalized spacial score (nSPS) is 12.0. The maximum atomic E-state index is 11.9. The lowest BCUT2D eigenvalue weighted by Gasteiger charge is -2.15. The molecule has 0 radical (unpaired) electrons. The van der Waals surface area contributed by atoms with Crippen LogP contribution in [0.3, 0.4) is 0 Å². The third-order valence-corrected chi connectivity index (χ3v) is 4.90. The highest BCUT2D eigenvalue weighted by molar-refractivity contribution is 7.99. The van der Waals surface area contributed by atoms with Gasteiger partial charge in [-0.1, -0.05) is 42.1 Å². The van der Waals surface area contributed by atoms with E-state index in [1.807, 2.05) is 28.1 Å². The molecule has 0 saturated heterocycles. The molecule has 0 saturated carbocycles. The minimum Gasteiger partial charge on any atom is -0.301 e. The van der Waals surface area contributed by atoms with Crippen molar-refractivity contribution >= 4 is 34.1 Å². The Morgan fingerprint density at radius 2 is 2.22 bits per heavy atom. The van der Waals surface area contributed by atoms with Gasteiger partial charge in [0.15, 0.2) is 10.3 Å². The first-order chi connectivity index (χ1) is 11.2. The van der Waals surface area contributed by atoms with Crippen LogP contribution in [0.2, 0.25) is 0 Å². The van der Waals surface area contributed by atoms with Gasteiger partial charge in [0.25, 0.3) is 0 Å². The molecule has 6 nitrogen and oxygen atoms in total. The van der Waals surface area contributed by atoms with E-state index in [-0.39, 0.29) is 17.7 Å². The number of benzene rings is 1. The molecule has 8 heteroatoms. The largest absolute Gasteiger partial charge is 0.301 e. The van der Waals surface area contributed by atoms with E-state index in [1.165, 1.54) is 28.7 Å². The summed E-state index contributed by atoms with van der Waals surface area (Å²) < 4.78 is 1.97. The van der Waals surface area contributed by atoms with E-state index < -0.39 is 0 Å². The maximum Gasteiger partial charge on any atom is 0.236 e. The lowest BCUT2D eigenvalue weighted by Crippen LogP contribution is -2.15. The first-order valence-electron chi connectivity index (χ1n) is 7.00. The molecule has 118 valence electrons. The summed E-state index contributed by atoms with van der Waals surface area (Å²) in [6.45, 7) is 2.08. The zero-order valence-corrected chi connectivity index (χ0v) is 14.0. The molecule has 1 unspecified atom stereocenters. The van der Waals surface area contributed by atoms with Gasteiger partial charge in [-0.25, -0.2) is 4.98 Å². The number of anilines is 1. The van der Waals surface area contributed by atoms with Gasteiger partial charge in [0.05, 0.1) is 11.8 Å². The lowest BCUT2D eigenvalue weighted by molar-refractivity contribution is -0.113. The number of carbonyl (C=O) groups is 1. The molecule has 1 amide bonds. The lowest BCUT2D eigenvalue weighted by atomic mass is 10.1. The molecule has 0 bridgehead atoms. The molecule has 0 aliphatic rings. The number of hydrogen-bond donors (Lipinski definition) is 1. The van der Waals surface area contributed by atoms with Crippen LogP contribution in [-0.4, -0.2) is 31.4 Å². The third-order valence-electron chi connectivity index (χ3n) is 3.25. The highest BCUT2D eigenvalue weighted by Crippen LogP contribution is 2.24. The number of carbonyl (C=O) groups excluding carboxylic acids is 1. The van der Waals surface area contributed by atoms with E-state index in [9.17, 15) is 4.79 Å². The van der Waals surface area contributed by atoms with Crippen LogP contribution in [0.1, 0.15) is 18.5 Å². The van der Waals surface area contributed by atoms with Gasteiger partial charge in [-0.05, 0) is 12.5 Å². The van der Waals surface area contributed by atoms with Crippen LogP contribution in [0.5, 0.6) is 0 Å². The second-order valence-electron chi connectivity index (χ2n) is 4.78. The van der Waals surface area contributed by atoms with Gasteiger partial charge in [0, 0.05) is 11.6 Å². The molecular weight excluding hydrogens is 330 g/mol. The number of nitrogens with zero attached hydrogens (tertiary/aromatic N) is 4. The van der Waals surface area contributed by atoms with Crippen LogP contribution < -0.4 is 5.32 Å². The number of hydrogen-bond acceptors (Lipinski definition) is 6. The summed E-state index contributed by atoms with van der Waals surface area (Å²) in [5.41, 5.74) is 1.17. The second-order valence-corrected chi connectivity index (χ2v) is 6.62. The molecule has 2 aromatic heterocycles. The van der Waals surface area contributed by atoms with Gasteiger partial charge < -0.3 is 9.88 Å². The van der Waals surface area contributed by atoms with Crippen molar-refractivity contribution < 1.29 is 4.79 Å². The number of aromatic nitrogens is 4. The fourth-order valence-corrected chi connectivity index (χ4v) is 3.40. The average Bonchev–Trinajstić information content (AvgIpc) is 3.24. The first kappa shape index (κ1) is 15.7. The van der Waals surface area contributed by atoms with Crippen molar-refractivity contribution in [1.29, 1.82) is 0 Å². The summed E-state index contributed by atoms with van der Waals surface area (Å²) in [5, 5.41) is 14.0. The smallest absolute Gasteiger partial charge is 0.236 e. The van der Waals surface area contributed by atoms with Crippen LogP contribution in [0.4, 0.5) is 5.13 Å². The van der Waals surface area contributed by atoms with Crippen molar-refractivity contribution in [3.8, 4) is 0 Å². The summed E-state index contributed by atoms with van der Waals surface area (Å²) in [7, 11) is 0. The van der Waals surface area contributed by atoms with Crippen molar-refractivity contribution in [3.63, 3.8) is 0 Å². The molecule has 23 heavy (non-hydrogen) atoms. The predicted molar refractivity (Wildman–Crippen MR) is 91.7 cm³/mol. The number of thiazole rings is 1. The standard InChI is InChI=1S/C15H15N5OS2/c1-11(12-5-3-2-4-6-12)20-10-17-19-15(20)23-9-13(21)18-14-16-7-8-22-14/h2-8,10-11H,9H2,1H3,(H,16,18,21). The molecule has 1 N–H and O–H groups in total. The van der Waals surface area contributed by atoms with Gasteiger partial charge in [-0.15, -0.1) is 21.5 Å². The zero-order chi connectivity index (χ0) is 16.1. The van der Waals surface area contributed by atoms with Crippen molar-refractivity contribution in [1.82, 2.24) is 19.7 Å². The molecule has 3 rings (SSSR count). The molecule has 2 heterocycles. The molecule has 1 atom stereocenters. The van der Waals surface area contributed by atoms with Crippen molar-refractivity contribution in [2.75, 3.05) is 11.1 Å². The van der Waals surface area contributed by atoms with Crippen LogP contribution >= 0.6 is 23.1 Å². The minimum absolute atomic E-state index is 0.105. The summed E-state index contributed by atoms with van der Waals surface area (Å²) >= 11 is 2.76. The van der Waals surface area contributed by atoms with E-state index in [0.29, 0.717) is 5.13 Å². The van der Waals surface area contributed by atoms with Crippen LogP contribution in [-0.2, 0) is 4.79 Å². The SMILES string of the molecule is CC(c1ccccc1)n1cnnc1SCC(=O)Nc1nccs1. The molecule has 0 aliphatic heterocycles. The van der Waals surface area contributed by atoms with Crippen molar-refractivity contribution in [2.45, 2.75) is 18.1 Å². The number of rotatable bonds is 6. The Labute approximate surface area is 142 Å². The summed E-state index contributed by atoms with van der Waals surface area (Å²) in [4.78, 5) is 16.0. The average molecular weight is 345 g/mol. The molecule has 1 aromatic carbocycles. The maximum absolute atomic E-state index is 11.9. The Morgan fingerprint density at radius 3 is 2.96 bits per heavy atom. The Morgan fingerprint density at radius 1 is 1.39 bits per heavy atom. The van der Waals surface area contributed by atoms with E-state index in [4.69, 9.17) is 0 Å². The number of amides is 1. The molecule has 0 spiro atoms. The molecule has 0 fully saturated rings. The summed E-state index contributed by atoms with van der Waals surface area (Å²) in [6.07, 6.45) is 3.35. The van der Waals surface area contributed by atoms with Crippen LogP contribution in [0, 0.1) is 0 Å². The molecule has 0 aliphatic carbocycles. The van der Waals surface area contributed by atoms with E-state index >= 15 is 0 Å². The quantitative estimate of drug-likeness (QED) is 0.695. The summed E-state index contributed by atoms with van der Waals surface area (Å²) in [5.74, 6) is 0.159. The zero-order valence-electron chi connectivity index (χ0n) is 12.4. The Bertz CT molecular complexity index is 757. The first-order valence-corrected chi connectivity index (χ1v) is 8.87. The Kier molecular flexibility index (Phi) is 5.04. The van der Waals surface area contributed by atoms with Crippen LogP contribution in [0.25, 0.3) is 0 Å². The highest BCUT2D eigenvalue weighted by Gasteiger charge is 2.15. The fraction of sp³-hybridized carbons (Fsp3) is 0.200. The highest BCUT2D eigenvalue weighted by atomic mass is 32.2. The van der Waals surface area contributed by atoms with Gasteiger partial charge in [-0.3, -0.25) is 4.79 Å². The van der Waals surface area contributed by atoms with E-state index in [1.54, 1.807) is 12.5 Å². The number of thioether (sulfide) groups is 1. The monoisotopic (exact) mass is 345 g/mol. The fourth-order valence-electron chi connectivity index (χ4n) is 2.06. The second kappa shape index (κ2) is 7.38. The topological polar surface area (TPSA) is 72.7 Å². The Hall–Kier alpha value is -2.19. The number of nitrogens with one attached hydrogen (secondary N) is 1. The van der Waals surface area contributed by atoms with E-state index in [0.717, 1.165) is 5.16 Å². The van der Waals surface area contributed by atoms with Crippen molar-refractivity contribution in [2.24, 2.45) is 0 Å². The van der Waals surface area contributed by atoms with Gasteiger partial charge in [-0.2, -0.15) is 0 Å². The van der Waals surface area contributed by atoms with E-state index in [2.05, 4.69) is 39.6 Å².